The highest BCUT2D eigenvalue weighted by Gasteiger charge is 2.37. The van der Waals surface area contributed by atoms with Crippen molar-refractivity contribution in [3.63, 3.8) is 0 Å². The number of para-hydroxylation sites is 2. The van der Waals surface area contributed by atoms with Crippen LogP contribution in [0, 0.1) is 0 Å². The van der Waals surface area contributed by atoms with Gasteiger partial charge < -0.3 is 14.5 Å². The highest BCUT2D eigenvalue weighted by molar-refractivity contribution is 7.89. The summed E-state index contributed by atoms with van der Waals surface area (Å²) in [5.41, 5.74) is 0.644. The number of rotatable bonds is 3. The van der Waals surface area contributed by atoms with Gasteiger partial charge in [0.05, 0.1) is 17.1 Å². The van der Waals surface area contributed by atoms with E-state index in [1.165, 1.54) is 11.2 Å². The number of nitrogens with zero attached hydrogens (tertiary/aromatic N) is 3. The third-order valence-electron chi connectivity index (χ3n) is 6.34. The molecule has 9 heteroatoms. The number of benzene rings is 3. The minimum absolute atomic E-state index is 0.126. The number of amides is 2. The van der Waals surface area contributed by atoms with Crippen molar-refractivity contribution in [2.75, 3.05) is 37.6 Å². The third kappa shape index (κ3) is 4.01. The Morgan fingerprint density at radius 3 is 2.29 bits per heavy atom. The van der Waals surface area contributed by atoms with E-state index in [4.69, 9.17) is 4.74 Å². The summed E-state index contributed by atoms with van der Waals surface area (Å²) < 4.78 is 33.8. The standard InChI is InChI=1S/C25H25N3O5S/c1-18(29)28-17-24(33-23-9-5-4-8-22(23)28)25(30)26-12-14-27(15-13-26)34(31,32)21-11-10-19-6-2-3-7-20(19)16-21/h2-11,16,24H,12-15,17H2,1H3/t24-/m1/s1. The van der Waals surface area contributed by atoms with E-state index in [1.54, 1.807) is 46.2 Å². The molecule has 0 spiro atoms. The van der Waals surface area contributed by atoms with Crippen LogP contribution in [0.4, 0.5) is 5.69 Å². The number of fused-ring (bicyclic) bond motifs is 2. The van der Waals surface area contributed by atoms with Crippen LogP contribution in [0.25, 0.3) is 10.8 Å². The van der Waals surface area contributed by atoms with E-state index in [-0.39, 0.29) is 49.4 Å². The second-order valence-corrected chi connectivity index (χ2v) is 10.4. The normalized spacial score (nSPS) is 18.9. The second-order valence-electron chi connectivity index (χ2n) is 8.44. The van der Waals surface area contributed by atoms with Gasteiger partial charge in [0.25, 0.3) is 5.91 Å². The van der Waals surface area contributed by atoms with Crippen LogP contribution in [-0.4, -0.2) is 68.3 Å². The van der Waals surface area contributed by atoms with Gasteiger partial charge in [-0.05, 0) is 35.0 Å². The fourth-order valence-corrected chi connectivity index (χ4v) is 5.95. The maximum atomic E-state index is 13.2. The molecule has 3 aromatic rings. The van der Waals surface area contributed by atoms with E-state index >= 15 is 0 Å². The second kappa shape index (κ2) is 8.73. The largest absolute Gasteiger partial charge is 0.476 e. The van der Waals surface area contributed by atoms with Crippen LogP contribution in [0.1, 0.15) is 6.92 Å². The Morgan fingerprint density at radius 2 is 1.56 bits per heavy atom. The Kier molecular flexibility index (Phi) is 5.75. The maximum absolute atomic E-state index is 13.2. The maximum Gasteiger partial charge on any atom is 0.265 e. The first-order valence-corrected chi connectivity index (χ1v) is 12.6. The highest BCUT2D eigenvalue weighted by Crippen LogP contribution is 2.33. The van der Waals surface area contributed by atoms with Gasteiger partial charge >= 0.3 is 0 Å². The number of sulfonamides is 1. The van der Waals surface area contributed by atoms with E-state index < -0.39 is 16.1 Å². The summed E-state index contributed by atoms with van der Waals surface area (Å²) in [6.07, 6.45) is -0.831. The van der Waals surface area contributed by atoms with Crippen molar-refractivity contribution in [3.05, 3.63) is 66.7 Å². The Bertz CT molecular complexity index is 1370. The number of hydrogen-bond acceptors (Lipinski definition) is 5. The molecule has 2 aliphatic heterocycles. The van der Waals surface area contributed by atoms with E-state index in [0.29, 0.717) is 11.4 Å². The van der Waals surface area contributed by atoms with Crippen LogP contribution in [0.5, 0.6) is 5.75 Å². The number of piperazine rings is 1. The first-order chi connectivity index (χ1) is 16.3. The van der Waals surface area contributed by atoms with Gasteiger partial charge in [-0.25, -0.2) is 8.42 Å². The zero-order valence-corrected chi connectivity index (χ0v) is 19.6. The summed E-state index contributed by atoms with van der Waals surface area (Å²) in [7, 11) is -3.68. The molecule has 0 N–H and O–H groups in total. The highest BCUT2D eigenvalue weighted by atomic mass is 32.2. The quantitative estimate of drug-likeness (QED) is 0.576. The van der Waals surface area contributed by atoms with Crippen molar-refractivity contribution in [1.82, 2.24) is 9.21 Å². The first kappa shape index (κ1) is 22.4. The molecule has 1 saturated heterocycles. The van der Waals surface area contributed by atoms with Gasteiger partial charge in [-0.3, -0.25) is 9.59 Å². The van der Waals surface area contributed by atoms with E-state index in [9.17, 15) is 18.0 Å². The molecule has 0 aliphatic carbocycles. The monoisotopic (exact) mass is 479 g/mol. The molecule has 5 rings (SSSR count). The van der Waals surface area contributed by atoms with Crippen LogP contribution >= 0.6 is 0 Å². The fraction of sp³-hybridized carbons (Fsp3) is 0.280. The van der Waals surface area contributed by atoms with E-state index in [0.717, 1.165) is 10.8 Å². The van der Waals surface area contributed by atoms with Crippen LogP contribution in [0.2, 0.25) is 0 Å². The molecule has 3 aromatic carbocycles. The molecule has 0 aromatic heterocycles. The lowest BCUT2D eigenvalue weighted by molar-refractivity contribution is -0.140. The van der Waals surface area contributed by atoms with Crippen molar-refractivity contribution in [2.24, 2.45) is 0 Å². The summed E-state index contributed by atoms with van der Waals surface area (Å²) in [5, 5.41) is 1.84. The molecule has 8 nitrogen and oxygen atoms in total. The molecule has 34 heavy (non-hydrogen) atoms. The molecule has 0 bridgehead atoms. The molecule has 0 unspecified atom stereocenters. The van der Waals surface area contributed by atoms with Gasteiger partial charge in [0.1, 0.15) is 5.75 Å². The predicted octanol–water partition coefficient (Wildman–Crippen LogP) is 2.49. The predicted molar refractivity (Wildman–Crippen MR) is 128 cm³/mol. The number of carbonyl (C=O) groups excluding carboxylic acids is 2. The summed E-state index contributed by atoms with van der Waals surface area (Å²) in [6, 6.07) is 19.9. The number of anilines is 1. The average molecular weight is 480 g/mol. The Labute approximate surface area is 198 Å². The van der Waals surface area contributed by atoms with Gasteiger partial charge in [-0.1, -0.05) is 42.5 Å². The number of ether oxygens (including phenoxy) is 1. The fourth-order valence-electron chi connectivity index (χ4n) is 4.49. The van der Waals surface area contributed by atoms with E-state index in [1.807, 2.05) is 30.3 Å². The summed E-state index contributed by atoms with van der Waals surface area (Å²) >= 11 is 0. The smallest absolute Gasteiger partial charge is 0.265 e. The molecular formula is C25H25N3O5S. The van der Waals surface area contributed by atoms with Crippen molar-refractivity contribution in [3.8, 4) is 5.75 Å². The molecule has 1 atom stereocenters. The first-order valence-electron chi connectivity index (χ1n) is 11.2. The molecule has 2 heterocycles. The third-order valence-corrected chi connectivity index (χ3v) is 8.23. The Morgan fingerprint density at radius 1 is 0.882 bits per heavy atom. The lowest BCUT2D eigenvalue weighted by atomic mass is 10.1. The minimum atomic E-state index is -3.68. The molecule has 0 saturated carbocycles. The van der Waals surface area contributed by atoms with Crippen LogP contribution < -0.4 is 9.64 Å². The van der Waals surface area contributed by atoms with Gasteiger partial charge in [-0.2, -0.15) is 4.31 Å². The minimum Gasteiger partial charge on any atom is -0.476 e. The molecule has 0 radical (unpaired) electrons. The van der Waals surface area contributed by atoms with Crippen molar-refractivity contribution in [2.45, 2.75) is 17.9 Å². The van der Waals surface area contributed by atoms with E-state index in [2.05, 4.69) is 0 Å². The Hall–Kier alpha value is -3.43. The van der Waals surface area contributed by atoms with Crippen molar-refractivity contribution < 1.29 is 22.7 Å². The Balaban J connectivity index is 1.28. The molecule has 2 amide bonds. The lowest BCUT2D eigenvalue weighted by Crippen LogP contribution is -2.56. The molecular weight excluding hydrogens is 454 g/mol. The van der Waals surface area contributed by atoms with Gasteiger partial charge in [0.15, 0.2) is 6.10 Å². The SMILES string of the molecule is CC(=O)N1C[C@H](C(=O)N2CCN(S(=O)(=O)c3ccc4ccccc4c3)CC2)Oc2ccccc21. The molecule has 1 fully saturated rings. The molecule has 2 aliphatic rings. The zero-order valence-electron chi connectivity index (χ0n) is 18.8. The zero-order chi connectivity index (χ0) is 23.9. The number of carbonyl (C=O) groups is 2. The summed E-state index contributed by atoms with van der Waals surface area (Å²) in [4.78, 5) is 28.8. The van der Waals surface area contributed by atoms with Crippen LogP contribution in [0.3, 0.4) is 0 Å². The van der Waals surface area contributed by atoms with Gasteiger partial charge in [0.2, 0.25) is 15.9 Å². The summed E-state index contributed by atoms with van der Waals surface area (Å²) in [6.45, 7) is 2.49. The summed E-state index contributed by atoms with van der Waals surface area (Å²) in [5.74, 6) is 0.0724. The average Bonchev–Trinajstić information content (AvgIpc) is 2.87. The van der Waals surface area contributed by atoms with Gasteiger partial charge in [-0.15, -0.1) is 0 Å². The van der Waals surface area contributed by atoms with Crippen molar-refractivity contribution >= 4 is 38.3 Å². The van der Waals surface area contributed by atoms with Crippen molar-refractivity contribution in [1.29, 1.82) is 0 Å². The topological polar surface area (TPSA) is 87.2 Å². The lowest BCUT2D eigenvalue weighted by Gasteiger charge is -2.38. The van der Waals surface area contributed by atoms with Crippen LogP contribution in [0.15, 0.2) is 71.6 Å². The molecule has 176 valence electrons. The number of hydrogen-bond donors (Lipinski definition) is 0. The van der Waals surface area contributed by atoms with Gasteiger partial charge in [0, 0.05) is 33.1 Å². The van der Waals surface area contributed by atoms with Crippen LogP contribution in [-0.2, 0) is 19.6 Å².